The molecular weight excluding hydrogens is 346 g/mol. The molecule has 146 valence electrons. The van der Waals surface area contributed by atoms with Gasteiger partial charge >= 0.3 is 0 Å². The number of aryl methyl sites for hydroxylation is 2. The number of rotatable bonds is 8. The van der Waals surface area contributed by atoms with Gasteiger partial charge in [0, 0.05) is 36.3 Å². The first-order valence-corrected chi connectivity index (χ1v) is 10.3. The molecule has 3 heterocycles. The lowest BCUT2D eigenvalue weighted by Crippen LogP contribution is -2.57. The lowest BCUT2D eigenvalue weighted by atomic mass is 9.73. The van der Waals surface area contributed by atoms with E-state index in [-0.39, 0.29) is 0 Å². The van der Waals surface area contributed by atoms with E-state index in [9.17, 15) is 0 Å². The van der Waals surface area contributed by atoms with E-state index < -0.39 is 0 Å². The largest absolute Gasteiger partial charge is 0.355 e. The van der Waals surface area contributed by atoms with Crippen LogP contribution in [0.3, 0.4) is 0 Å². The molecule has 2 aromatic heterocycles. The fraction of sp³-hybridized carbons (Fsp3) is 0.435. The highest BCUT2D eigenvalue weighted by atomic mass is 15.3. The number of anilines is 1. The molecule has 1 saturated heterocycles. The third kappa shape index (κ3) is 3.85. The summed E-state index contributed by atoms with van der Waals surface area (Å²) >= 11 is 0. The zero-order chi connectivity index (χ0) is 19.4. The van der Waals surface area contributed by atoms with E-state index >= 15 is 0 Å². The van der Waals surface area contributed by atoms with Crippen molar-refractivity contribution in [3.63, 3.8) is 0 Å². The Labute approximate surface area is 167 Å². The number of aromatic nitrogens is 3. The third-order valence-electron chi connectivity index (χ3n) is 5.94. The van der Waals surface area contributed by atoms with Gasteiger partial charge in [-0.3, -0.25) is 4.98 Å². The standard InChI is InChI=1S/C23H29N5/c1-2-9-23(10-11-24)15-28(16-23)22-20-14-19(5-6-21(20)26-17-27-22)4-3-18-7-12-25-13-8-18/h5-8,12-14,17H,2-4,9-11,15-16,24H2,1H3. The predicted octanol–water partition coefficient (Wildman–Crippen LogP) is 3.77. The van der Waals surface area contributed by atoms with Crippen molar-refractivity contribution in [1.29, 1.82) is 0 Å². The lowest BCUT2D eigenvalue weighted by molar-refractivity contribution is 0.178. The highest BCUT2D eigenvalue weighted by Crippen LogP contribution is 2.41. The van der Waals surface area contributed by atoms with Crippen LogP contribution < -0.4 is 10.6 Å². The molecule has 1 fully saturated rings. The maximum atomic E-state index is 5.88. The molecule has 5 nitrogen and oxygen atoms in total. The summed E-state index contributed by atoms with van der Waals surface area (Å²) in [6.07, 6.45) is 11.0. The Kier molecular flexibility index (Phi) is 5.53. The van der Waals surface area contributed by atoms with E-state index in [1.165, 1.54) is 24.0 Å². The highest BCUT2D eigenvalue weighted by molar-refractivity contribution is 5.90. The van der Waals surface area contributed by atoms with Crippen LogP contribution in [0.2, 0.25) is 0 Å². The van der Waals surface area contributed by atoms with E-state index in [1.807, 2.05) is 12.4 Å². The minimum Gasteiger partial charge on any atom is -0.355 e. The zero-order valence-electron chi connectivity index (χ0n) is 16.6. The second kappa shape index (κ2) is 8.23. The number of nitrogens with two attached hydrogens (primary N) is 1. The fourth-order valence-corrected chi connectivity index (χ4v) is 4.53. The van der Waals surface area contributed by atoms with Crippen molar-refractivity contribution >= 4 is 16.7 Å². The van der Waals surface area contributed by atoms with E-state index in [4.69, 9.17) is 5.73 Å². The number of hydrogen-bond acceptors (Lipinski definition) is 5. The minimum atomic E-state index is 0.361. The number of fused-ring (bicyclic) bond motifs is 1. The summed E-state index contributed by atoms with van der Waals surface area (Å²) < 4.78 is 0. The van der Waals surface area contributed by atoms with Crippen LogP contribution in [0, 0.1) is 5.41 Å². The molecule has 4 rings (SSSR count). The van der Waals surface area contributed by atoms with Crippen LogP contribution in [0.25, 0.3) is 10.9 Å². The summed E-state index contributed by atoms with van der Waals surface area (Å²) in [7, 11) is 0. The van der Waals surface area contributed by atoms with Crippen molar-refractivity contribution in [1.82, 2.24) is 15.0 Å². The smallest absolute Gasteiger partial charge is 0.139 e. The van der Waals surface area contributed by atoms with Gasteiger partial charge in [-0.2, -0.15) is 0 Å². The SMILES string of the molecule is CCCC1(CCN)CN(c2ncnc3ccc(CCc4ccncc4)cc23)C1. The molecule has 1 aliphatic rings. The van der Waals surface area contributed by atoms with Crippen LogP contribution in [0.4, 0.5) is 5.82 Å². The maximum Gasteiger partial charge on any atom is 0.139 e. The molecule has 2 N–H and O–H groups in total. The van der Waals surface area contributed by atoms with Crippen LogP contribution in [-0.4, -0.2) is 34.6 Å². The summed E-state index contributed by atoms with van der Waals surface area (Å²) in [4.78, 5) is 15.6. The molecule has 0 saturated carbocycles. The Balaban J connectivity index is 1.54. The number of nitrogens with zero attached hydrogens (tertiary/aromatic N) is 4. The van der Waals surface area contributed by atoms with E-state index in [1.54, 1.807) is 6.33 Å². The second-order valence-corrected chi connectivity index (χ2v) is 8.05. The van der Waals surface area contributed by atoms with Crippen molar-refractivity contribution in [3.8, 4) is 0 Å². The average molecular weight is 376 g/mol. The van der Waals surface area contributed by atoms with Gasteiger partial charge in [0.15, 0.2) is 0 Å². The van der Waals surface area contributed by atoms with E-state index in [0.717, 1.165) is 55.6 Å². The molecule has 0 spiro atoms. The van der Waals surface area contributed by atoms with Crippen LogP contribution in [0.1, 0.15) is 37.3 Å². The molecule has 0 radical (unpaired) electrons. The molecule has 5 heteroatoms. The Bertz CT molecular complexity index is 911. The number of benzene rings is 1. The van der Waals surface area contributed by atoms with Crippen molar-refractivity contribution in [2.75, 3.05) is 24.5 Å². The van der Waals surface area contributed by atoms with E-state index in [0.29, 0.717) is 5.41 Å². The van der Waals surface area contributed by atoms with Crippen molar-refractivity contribution < 1.29 is 0 Å². The quantitative estimate of drug-likeness (QED) is 0.649. The normalized spacial score (nSPS) is 15.6. The van der Waals surface area contributed by atoms with E-state index in [2.05, 4.69) is 57.1 Å². The summed E-state index contributed by atoms with van der Waals surface area (Å²) in [6, 6.07) is 10.8. The number of hydrogen-bond donors (Lipinski definition) is 1. The Morgan fingerprint density at radius 3 is 2.54 bits per heavy atom. The minimum absolute atomic E-state index is 0.361. The fourth-order valence-electron chi connectivity index (χ4n) is 4.53. The molecular formula is C23H29N5. The predicted molar refractivity (Wildman–Crippen MR) is 114 cm³/mol. The molecule has 1 aromatic carbocycles. The summed E-state index contributed by atoms with van der Waals surface area (Å²) in [6.45, 7) is 5.12. The summed E-state index contributed by atoms with van der Waals surface area (Å²) in [5, 5.41) is 1.16. The summed E-state index contributed by atoms with van der Waals surface area (Å²) in [5.74, 6) is 1.07. The van der Waals surface area contributed by atoms with Gasteiger partial charge in [-0.05, 0) is 67.6 Å². The number of pyridine rings is 1. The van der Waals surface area contributed by atoms with Gasteiger partial charge in [0.05, 0.1) is 5.52 Å². The molecule has 0 aliphatic carbocycles. The van der Waals surface area contributed by atoms with Crippen LogP contribution >= 0.6 is 0 Å². The van der Waals surface area contributed by atoms with Crippen molar-refractivity contribution in [3.05, 3.63) is 60.2 Å². The third-order valence-corrected chi connectivity index (χ3v) is 5.94. The topological polar surface area (TPSA) is 67.9 Å². The van der Waals surface area contributed by atoms with Crippen LogP contribution in [-0.2, 0) is 12.8 Å². The van der Waals surface area contributed by atoms with Gasteiger partial charge in [0.25, 0.3) is 0 Å². The average Bonchev–Trinajstić information content (AvgIpc) is 2.70. The van der Waals surface area contributed by atoms with Gasteiger partial charge in [0.1, 0.15) is 12.1 Å². The van der Waals surface area contributed by atoms with Gasteiger partial charge < -0.3 is 10.6 Å². The van der Waals surface area contributed by atoms with Gasteiger partial charge in [-0.1, -0.05) is 19.4 Å². The van der Waals surface area contributed by atoms with Crippen LogP contribution in [0.5, 0.6) is 0 Å². The molecule has 0 unspecified atom stereocenters. The Morgan fingerprint density at radius 2 is 1.79 bits per heavy atom. The first kappa shape index (κ1) is 18.8. The Morgan fingerprint density at radius 1 is 1.00 bits per heavy atom. The second-order valence-electron chi connectivity index (χ2n) is 8.05. The molecule has 28 heavy (non-hydrogen) atoms. The molecule has 1 aliphatic heterocycles. The van der Waals surface area contributed by atoms with Gasteiger partial charge in [-0.15, -0.1) is 0 Å². The molecule has 0 amide bonds. The highest BCUT2D eigenvalue weighted by Gasteiger charge is 2.42. The lowest BCUT2D eigenvalue weighted by Gasteiger charge is -2.51. The summed E-state index contributed by atoms with van der Waals surface area (Å²) in [5.41, 5.74) is 9.90. The molecule has 0 atom stereocenters. The monoisotopic (exact) mass is 375 g/mol. The Hall–Kier alpha value is -2.53. The van der Waals surface area contributed by atoms with Gasteiger partial charge in [0.2, 0.25) is 0 Å². The first-order valence-electron chi connectivity index (χ1n) is 10.3. The van der Waals surface area contributed by atoms with Gasteiger partial charge in [-0.25, -0.2) is 9.97 Å². The zero-order valence-corrected chi connectivity index (χ0v) is 16.6. The molecule has 0 bridgehead atoms. The van der Waals surface area contributed by atoms with Crippen LogP contribution in [0.15, 0.2) is 49.1 Å². The molecule has 3 aromatic rings. The first-order chi connectivity index (χ1) is 13.7. The maximum absolute atomic E-state index is 5.88. The van der Waals surface area contributed by atoms with Crippen molar-refractivity contribution in [2.45, 2.75) is 39.0 Å². The van der Waals surface area contributed by atoms with Crippen molar-refractivity contribution in [2.24, 2.45) is 11.1 Å².